The number of amides is 1. The molecule has 21 heavy (non-hydrogen) atoms. The number of hydrogen-bond acceptors (Lipinski definition) is 3. The van der Waals surface area contributed by atoms with Crippen LogP contribution in [0, 0.1) is 5.41 Å². The molecule has 1 amide bonds. The van der Waals surface area contributed by atoms with Crippen molar-refractivity contribution < 1.29 is 9.53 Å². The topological polar surface area (TPSA) is 55.6 Å². The molecule has 0 aromatic heterocycles. The first kappa shape index (κ1) is 16.0. The van der Waals surface area contributed by atoms with Gasteiger partial charge in [-0.05, 0) is 24.3 Å². The van der Waals surface area contributed by atoms with E-state index in [1.165, 1.54) is 0 Å². The molecular formula is C17H26N2O2. The fourth-order valence-corrected chi connectivity index (χ4v) is 2.83. The van der Waals surface area contributed by atoms with Gasteiger partial charge in [-0.2, -0.15) is 0 Å². The first-order chi connectivity index (χ1) is 9.95. The van der Waals surface area contributed by atoms with Crippen molar-refractivity contribution in [3.8, 4) is 0 Å². The Labute approximate surface area is 127 Å². The van der Waals surface area contributed by atoms with Gasteiger partial charge < -0.3 is 15.4 Å². The lowest BCUT2D eigenvalue weighted by molar-refractivity contribution is -0.147. The molecule has 1 aromatic rings. The third kappa shape index (κ3) is 3.63. The van der Waals surface area contributed by atoms with Crippen LogP contribution in [-0.4, -0.2) is 36.5 Å². The first-order valence-corrected chi connectivity index (χ1v) is 7.66. The number of benzene rings is 1. The molecule has 0 radical (unpaired) electrons. The molecule has 1 heterocycles. The Bertz CT molecular complexity index is 473. The molecule has 4 nitrogen and oxygen atoms in total. The summed E-state index contributed by atoms with van der Waals surface area (Å²) in [6, 6.07) is 9.84. The molecule has 0 bridgehead atoms. The van der Waals surface area contributed by atoms with E-state index in [1.54, 1.807) is 0 Å². The van der Waals surface area contributed by atoms with Crippen molar-refractivity contribution in [1.82, 2.24) is 4.90 Å². The molecule has 2 rings (SSSR count). The van der Waals surface area contributed by atoms with Crippen molar-refractivity contribution in [2.24, 2.45) is 11.1 Å². The maximum atomic E-state index is 12.8. The third-order valence-corrected chi connectivity index (χ3v) is 4.28. The zero-order valence-electron chi connectivity index (χ0n) is 13.2. The average Bonchev–Trinajstić information content (AvgIpc) is 2.48. The minimum Gasteiger partial charge on any atom is -0.364 e. The lowest BCUT2D eigenvalue weighted by atomic mass is 9.79. The Balaban J connectivity index is 2.16. The number of rotatable bonds is 4. The highest BCUT2D eigenvalue weighted by atomic mass is 16.5. The van der Waals surface area contributed by atoms with Gasteiger partial charge in [0.15, 0.2) is 6.10 Å². The molecular weight excluding hydrogens is 264 g/mol. The summed E-state index contributed by atoms with van der Waals surface area (Å²) in [6.45, 7) is 8.06. The van der Waals surface area contributed by atoms with E-state index in [2.05, 4.69) is 13.8 Å². The van der Waals surface area contributed by atoms with Crippen molar-refractivity contribution in [3.63, 3.8) is 0 Å². The predicted octanol–water partition coefficient (Wildman–Crippen LogP) is 2.35. The van der Waals surface area contributed by atoms with Crippen molar-refractivity contribution in [3.05, 3.63) is 35.9 Å². The zero-order valence-corrected chi connectivity index (χ0v) is 13.2. The van der Waals surface area contributed by atoms with Gasteiger partial charge in [-0.15, -0.1) is 0 Å². The second-order valence-corrected chi connectivity index (χ2v) is 6.39. The van der Waals surface area contributed by atoms with E-state index in [-0.39, 0.29) is 17.4 Å². The minimum absolute atomic E-state index is 0.0445. The largest absolute Gasteiger partial charge is 0.364 e. The van der Waals surface area contributed by atoms with Gasteiger partial charge in [0.25, 0.3) is 5.91 Å². The summed E-state index contributed by atoms with van der Waals surface area (Å²) in [5, 5.41) is 0. The fourth-order valence-electron chi connectivity index (χ4n) is 2.83. The lowest BCUT2D eigenvalue weighted by Crippen LogP contribution is -2.55. The number of nitrogens with two attached hydrogens (primary N) is 1. The van der Waals surface area contributed by atoms with E-state index >= 15 is 0 Å². The van der Waals surface area contributed by atoms with Gasteiger partial charge >= 0.3 is 0 Å². The summed E-state index contributed by atoms with van der Waals surface area (Å²) in [7, 11) is 0. The number of hydrogen-bond donors (Lipinski definition) is 1. The molecule has 1 saturated heterocycles. The van der Waals surface area contributed by atoms with E-state index < -0.39 is 6.10 Å². The Morgan fingerprint density at radius 1 is 1.43 bits per heavy atom. The van der Waals surface area contributed by atoms with E-state index in [0.29, 0.717) is 19.7 Å². The van der Waals surface area contributed by atoms with E-state index in [9.17, 15) is 4.79 Å². The Morgan fingerprint density at radius 3 is 2.67 bits per heavy atom. The van der Waals surface area contributed by atoms with Gasteiger partial charge in [0, 0.05) is 25.7 Å². The second-order valence-electron chi connectivity index (χ2n) is 6.39. The number of carbonyl (C=O) groups is 1. The molecule has 1 aliphatic heterocycles. The minimum atomic E-state index is -0.513. The summed E-state index contributed by atoms with van der Waals surface area (Å²) in [4.78, 5) is 14.7. The van der Waals surface area contributed by atoms with Gasteiger partial charge in [0.05, 0.1) is 0 Å². The van der Waals surface area contributed by atoms with Gasteiger partial charge in [-0.25, -0.2) is 0 Å². The van der Waals surface area contributed by atoms with Crippen LogP contribution in [0.2, 0.25) is 0 Å². The fraction of sp³-hybridized carbons (Fsp3) is 0.588. The maximum Gasteiger partial charge on any atom is 0.256 e. The molecule has 1 aromatic carbocycles. The van der Waals surface area contributed by atoms with Crippen LogP contribution in [0.3, 0.4) is 0 Å². The second kappa shape index (κ2) is 6.58. The highest BCUT2D eigenvalue weighted by molar-refractivity contribution is 5.82. The highest BCUT2D eigenvalue weighted by Crippen LogP contribution is 2.30. The summed E-state index contributed by atoms with van der Waals surface area (Å²) in [5.74, 6) is 0.0445. The smallest absolute Gasteiger partial charge is 0.256 e. The molecule has 116 valence electrons. The predicted molar refractivity (Wildman–Crippen MR) is 83.8 cm³/mol. The number of nitrogens with zero attached hydrogens (tertiary/aromatic N) is 1. The number of likely N-dealkylation sites (tertiary alicyclic amines) is 1. The van der Waals surface area contributed by atoms with Crippen LogP contribution in [0.1, 0.15) is 38.9 Å². The molecule has 0 aliphatic carbocycles. The van der Waals surface area contributed by atoms with Gasteiger partial charge in [0.1, 0.15) is 0 Å². The summed E-state index contributed by atoms with van der Waals surface area (Å²) in [6.07, 6.45) is 0.327. The quantitative estimate of drug-likeness (QED) is 0.926. The van der Waals surface area contributed by atoms with Crippen molar-refractivity contribution in [2.75, 3.05) is 19.7 Å². The average molecular weight is 290 g/mol. The van der Waals surface area contributed by atoms with Gasteiger partial charge in [0.2, 0.25) is 0 Å². The maximum absolute atomic E-state index is 12.8. The van der Waals surface area contributed by atoms with Crippen LogP contribution in [0.5, 0.6) is 0 Å². The Kier molecular flexibility index (Phi) is 5.01. The normalized spacial score (nSPS) is 22.9. The summed E-state index contributed by atoms with van der Waals surface area (Å²) in [5.41, 5.74) is 7.01. The van der Waals surface area contributed by atoms with Crippen molar-refractivity contribution >= 4 is 5.91 Å². The highest BCUT2D eigenvalue weighted by Gasteiger charge is 2.37. The van der Waals surface area contributed by atoms with Crippen LogP contribution in [-0.2, 0) is 9.53 Å². The molecule has 4 heteroatoms. The van der Waals surface area contributed by atoms with Crippen LogP contribution in [0.15, 0.2) is 30.3 Å². The number of carbonyl (C=O) groups excluding carboxylic acids is 1. The molecule has 0 saturated carbocycles. The first-order valence-electron chi connectivity index (χ1n) is 7.66. The molecule has 2 N–H and O–H groups in total. The van der Waals surface area contributed by atoms with E-state index in [1.807, 2.05) is 42.2 Å². The van der Waals surface area contributed by atoms with E-state index in [0.717, 1.165) is 12.0 Å². The van der Waals surface area contributed by atoms with Crippen molar-refractivity contribution in [2.45, 2.75) is 39.3 Å². The third-order valence-electron chi connectivity index (χ3n) is 4.28. The Morgan fingerprint density at radius 2 is 2.10 bits per heavy atom. The SMILES string of the molecule is CCOC(C(=O)N1CCC(N)C(C)(C)C1)c1ccccc1. The number of ether oxygens (including phenoxy) is 1. The van der Waals surface area contributed by atoms with Crippen molar-refractivity contribution in [1.29, 1.82) is 0 Å². The molecule has 1 aliphatic rings. The molecule has 2 atom stereocenters. The monoisotopic (exact) mass is 290 g/mol. The van der Waals surface area contributed by atoms with Crippen LogP contribution >= 0.6 is 0 Å². The summed E-state index contributed by atoms with van der Waals surface area (Å²) >= 11 is 0. The zero-order chi connectivity index (χ0) is 15.5. The van der Waals surface area contributed by atoms with Crippen LogP contribution in [0.4, 0.5) is 0 Å². The lowest BCUT2D eigenvalue weighted by Gasteiger charge is -2.43. The molecule has 2 unspecified atom stereocenters. The van der Waals surface area contributed by atoms with Crippen LogP contribution < -0.4 is 5.73 Å². The van der Waals surface area contributed by atoms with Gasteiger partial charge in [-0.1, -0.05) is 44.2 Å². The van der Waals surface area contributed by atoms with E-state index in [4.69, 9.17) is 10.5 Å². The standard InChI is InChI=1S/C17H26N2O2/c1-4-21-15(13-8-6-5-7-9-13)16(20)19-11-10-14(18)17(2,3)12-19/h5-9,14-15H,4,10-12,18H2,1-3H3. The Hall–Kier alpha value is -1.39. The molecule has 0 spiro atoms. The van der Waals surface area contributed by atoms with Crippen LogP contribution in [0.25, 0.3) is 0 Å². The summed E-state index contributed by atoms with van der Waals surface area (Å²) < 4.78 is 5.72. The number of piperidine rings is 1. The molecule has 1 fully saturated rings. The van der Waals surface area contributed by atoms with Gasteiger partial charge in [-0.3, -0.25) is 4.79 Å².